The van der Waals surface area contributed by atoms with Crippen LogP contribution in [0, 0.1) is 6.92 Å². The van der Waals surface area contributed by atoms with Crippen molar-refractivity contribution in [2.24, 2.45) is 0 Å². The van der Waals surface area contributed by atoms with Crippen LogP contribution in [-0.4, -0.2) is 41.6 Å². The number of phenols is 1. The van der Waals surface area contributed by atoms with Crippen LogP contribution in [0.25, 0.3) is 10.8 Å². The first-order chi connectivity index (χ1) is 12.2. The molecule has 2 aromatic rings. The number of phenolic OH excluding ortho intramolecular Hbond substituents is 1. The number of hydrogen-bond acceptors (Lipinski definition) is 5. The average molecular weight is 345 g/mol. The molecule has 1 aromatic heterocycles. The van der Waals surface area contributed by atoms with E-state index in [1.165, 1.54) is 12.0 Å². The molecule has 0 radical (unpaired) electrons. The maximum absolute atomic E-state index is 9.87. The summed E-state index contributed by atoms with van der Waals surface area (Å²) in [7, 11) is 1.00. The Morgan fingerprint density at radius 2 is 1.80 bits per heavy atom. The Morgan fingerprint density at radius 1 is 1.08 bits per heavy atom. The second-order valence-corrected chi connectivity index (χ2v) is 6.71. The number of ether oxygens (including phenoxy) is 2. The van der Waals surface area contributed by atoms with E-state index in [0.29, 0.717) is 11.8 Å². The lowest BCUT2D eigenvalue weighted by atomic mass is 9.91. The van der Waals surface area contributed by atoms with E-state index in [2.05, 4.69) is 6.92 Å². The number of fused-ring (bicyclic) bond motifs is 1. The summed E-state index contributed by atoms with van der Waals surface area (Å²) in [6, 6.07) is 5.51. The van der Waals surface area contributed by atoms with E-state index >= 15 is 0 Å². The summed E-state index contributed by atoms with van der Waals surface area (Å²) in [6.07, 6.45) is 5.73. The van der Waals surface area contributed by atoms with Crippen LogP contribution in [0.2, 0.25) is 0 Å². The summed E-state index contributed by atoms with van der Waals surface area (Å²) in [5.74, 6) is 1.38. The zero-order valence-electron chi connectivity index (χ0n) is 15.0. The van der Waals surface area contributed by atoms with Gasteiger partial charge in [0.1, 0.15) is 11.9 Å². The number of nitrogens with zero attached hydrogens (tertiary/aromatic N) is 1. The molecule has 2 fully saturated rings. The Hall–Kier alpha value is -1.85. The van der Waals surface area contributed by atoms with Crippen LogP contribution < -0.4 is 4.74 Å². The number of aliphatic hydroxyl groups excluding tert-OH is 1. The molecular weight excluding hydrogens is 318 g/mol. The maximum Gasteiger partial charge on any atom is 0.222 e. The first-order valence-electron chi connectivity index (χ1n) is 9.04. The van der Waals surface area contributed by atoms with Gasteiger partial charge in [-0.05, 0) is 62.1 Å². The second kappa shape index (κ2) is 8.02. The molecule has 136 valence electrons. The van der Waals surface area contributed by atoms with Crippen molar-refractivity contribution in [3.63, 3.8) is 0 Å². The van der Waals surface area contributed by atoms with Crippen molar-refractivity contribution in [2.45, 2.75) is 51.0 Å². The molecule has 2 heterocycles. The van der Waals surface area contributed by atoms with Crippen molar-refractivity contribution >= 4 is 10.8 Å². The van der Waals surface area contributed by atoms with Crippen LogP contribution in [0.3, 0.4) is 0 Å². The minimum atomic E-state index is 0.260. The smallest absolute Gasteiger partial charge is 0.222 e. The second-order valence-electron chi connectivity index (χ2n) is 6.71. The van der Waals surface area contributed by atoms with Crippen LogP contribution in [0.4, 0.5) is 0 Å². The molecule has 1 aliphatic heterocycles. The van der Waals surface area contributed by atoms with E-state index in [4.69, 9.17) is 19.6 Å². The fraction of sp³-hybridized carbons (Fsp3) is 0.550. The van der Waals surface area contributed by atoms with Gasteiger partial charge in [0.25, 0.3) is 0 Å². The molecular formula is C20H27NO4. The molecule has 0 bridgehead atoms. The van der Waals surface area contributed by atoms with Crippen LogP contribution in [-0.2, 0) is 4.74 Å². The van der Waals surface area contributed by atoms with Gasteiger partial charge >= 0.3 is 0 Å². The van der Waals surface area contributed by atoms with E-state index in [1.807, 2.05) is 6.07 Å². The molecule has 1 aliphatic carbocycles. The average Bonchev–Trinajstić information content (AvgIpc) is 2.62. The van der Waals surface area contributed by atoms with Gasteiger partial charge in [-0.3, -0.25) is 0 Å². The van der Waals surface area contributed by atoms with Gasteiger partial charge in [-0.25, -0.2) is 4.98 Å². The predicted octanol–water partition coefficient (Wildman–Crippen LogP) is 3.68. The van der Waals surface area contributed by atoms with Gasteiger partial charge in [0.05, 0.1) is 5.69 Å². The van der Waals surface area contributed by atoms with Crippen LogP contribution in [0.1, 0.15) is 49.3 Å². The Balaban J connectivity index is 0.000000880. The van der Waals surface area contributed by atoms with Crippen molar-refractivity contribution in [3.05, 3.63) is 29.5 Å². The van der Waals surface area contributed by atoms with Crippen molar-refractivity contribution in [1.29, 1.82) is 0 Å². The topological polar surface area (TPSA) is 71.8 Å². The fourth-order valence-corrected chi connectivity index (χ4v) is 3.53. The van der Waals surface area contributed by atoms with Crippen LogP contribution in [0.5, 0.6) is 11.6 Å². The molecule has 1 saturated carbocycles. The highest BCUT2D eigenvalue weighted by Gasteiger charge is 2.25. The highest BCUT2D eigenvalue weighted by Crippen LogP contribution is 2.38. The molecule has 2 N–H and O–H groups in total. The molecule has 0 unspecified atom stereocenters. The highest BCUT2D eigenvalue weighted by atomic mass is 16.5. The summed E-state index contributed by atoms with van der Waals surface area (Å²) in [5.41, 5.74) is 2.34. The molecule has 4 rings (SSSR count). The lowest BCUT2D eigenvalue weighted by molar-refractivity contribution is 0.0835. The largest absolute Gasteiger partial charge is 0.508 e. The van der Waals surface area contributed by atoms with Crippen molar-refractivity contribution in [1.82, 2.24) is 4.98 Å². The third-order valence-corrected chi connectivity index (χ3v) is 5.18. The number of pyridine rings is 1. The molecule has 0 amide bonds. The van der Waals surface area contributed by atoms with Gasteiger partial charge in [-0.1, -0.05) is 6.07 Å². The summed E-state index contributed by atoms with van der Waals surface area (Å²) in [5, 5.41) is 18.9. The Morgan fingerprint density at radius 3 is 2.44 bits per heavy atom. The Kier molecular flexibility index (Phi) is 5.76. The lowest BCUT2D eigenvalue weighted by Crippen LogP contribution is -2.25. The van der Waals surface area contributed by atoms with Gasteiger partial charge < -0.3 is 19.7 Å². The van der Waals surface area contributed by atoms with Gasteiger partial charge in [0.2, 0.25) is 5.88 Å². The van der Waals surface area contributed by atoms with Gasteiger partial charge in [-0.15, -0.1) is 0 Å². The number of hydrogen-bond donors (Lipinski definition) is 2. The van der Waals surface area contributed by atoms with Crippen molar-refractivity contribution < 1.29 is 19.7 Å². The molecule has 0 spiro atoms. The molecule has 5 nitrogen and oxygen atoms in total. The van der Waals surface area contributed by atoms with Crippen LogP contribution >= 0.6 is 0 Å². The van der Waals surface area contributed by atoms with Gasteiger partial charge in [-0.2, -0.15) is 0 Å². The zero-order valence-corrected chi connectivity index (χ0v) is 15.0. The summed E-state index contributed by atoms with van der Waals surface area (Å²) < 4.78 is 11.6. The number of aromatic hydroxyl groups is 1. The zero-order chi connectivity index (χ0) is 17.8. The molecule has 25 heavy (non-hydrogen) atoms. The number of benzene rings is 1. The highest BCUT2D eigenvalue weighted by molar-refractivity contribution is 5.91. The summed E-state index contributed by atoms with van der Waals surface area (Å²) >= 11 is 0. The number of rotatable bonds is 3. The molecule has 5 heteroatoms. The Bertz CT molecular complexity index is 721. The van der Waals surface area contributed by atoms with E-state index in [1.54, 1.807) is 12.1 Å². The fourth-order valence-electron chi connectivity index (χ4n) is 3.53. The third-order valence-electron chi connectivity index (χ3n) is 5.18. The van der Waals surface area contributed by atoms with Crippen LogP contribution in [0.15, 0.2) is 18.2 Å². The predicted molar refractivity (Wildman–Crippen MR) is 97.3 cm³/mol. The number of aromatic nitrogens is 1. The van der Waals surface area contributed by atoms with E-state index in [0.717, 1.165) is 62.5 Å². The van der Waals surface area contributed by atoms with Gasteiger partial charge in [0, 0.05) is 31.6 Å². The third kappa shape index (κ3) is 3.72. The Labute approximate surface area is 148 Å². The molecule has 2 aliphatic rings. The SMILES string of the molecule is CO.Cc1c(C2CCOCC2)nc(OC2CCC2)c2cc(O)ccc12. The monoisotopic (exact) mass is 345 g/mol. The molecule has 1 aromatic carbocycles. The minimum Gasteiger partial charge on any atom is -0.508 e. The summed E-state index contributed by atoms with van der Waals surface area (Å²) in [6.45, 7) is 3.74. The minimum absolute atomic E-state index is 0.260. The van der Waals surface area contributed by atoms with E-state index < -0.39 is 0 Å². The standard InChI is InChI=1S/C19H23NO3.CH4O/c1-12-16-6-5-14(21)11-17(16)19(23-15-3-2-4-15)20-18(12)13-7-9-22-10-8-13;1-2/h5-6,11,13,15,21H,2-4,7-10H2,1H3;2H,1H3. The number of aliphatic hydroxyl groups is 1. The molecule has 0 atom stereocenters. The van der Waals surface area contributed by atoms with E-state index in [-0.39, 0.29) is 11.9 Å². The maximum atomic E-state index is 9.87. The van der Waals surface area contributed by atoms with E-state index in [9.17, 15) is 5.11 Å². The first kappa shape index (κ1) is 18.0. The summed E-state index contributed by atoms with van der Waals surface area (Å²) in [4.78, 5) is 4.90. The first-order valence-corrected chi connectivity index (χ1v) is 9.04. The van der Waals surface area contributed by atoms with Gasteiger partial charge in [0.15, 0.2) is 0 Å². The lowest BCUT2D eigenvalue weighted by Gasteiger charge is -2.28. The van der Waals surface area contributed by atoms with Crippen molar-refractivity contribution in [2.75, 3.05) is 20.3 Å². The van der Waals surface area contributed by atoms with Crippen molar-refractivity contribution in [3.8, 4) is 11.6 Å². The molecule has 1 saturated heterocycles. The number of aryl methyl sites for hydroxylation is 1. The normalized spacial score (nSPS) is 18.4. The quantitative estimate of drug-likeness (QED) is 0.888.